The minimum atomic E-state index is -3.57. The molecule has 1 N–H and O–H groups in total. The zero-order valence-corrected chi connectivity index (χ0v) is 59.1. The molecule has 2 unspecified atom stereocenters. The van der Waals surface area contributed by atoms with Crippen LogP contribution in [0, 0.1) is 54.2 Å². The molecule has 2 heterocycles. The molecule has 90 heavy (non-hydrogen) atoms. The number of aryl methyl sites for hydroxylation is 2. The summed E-state index contributed by atoms with van der Waals surface area (Å²) in [5.74, 6) is -3.72. The lowest BCUT2D eigenvalue weighted by Gasteiger charge is -2.24. The van der Waals surface area contributed by atoms with Crippen molar-refractivity contribution in [3.63, 3.8) is 0 Å². The number of carbonyl (C=O) groups excluding carboxylic acids is 4. The molecule has 2 atom stereocenters. The van der Waals surface area contributed by atoms with Crippen molar-refractivity contribution in [2.75, 3.05) is 7.11 Å². The number of nitro groups is 1. The first-order valence-corrected chi connectivity index (χ1v) is 30.9. The molecule has 0 saturated carbocycles. The smallest absolute Gasteiger partial charge is 0.311 e. The van der Waals surface area contributed by atoms with Crippen LogP contribution in [0.2, 0.25) is 0 Å². The van der Waals surface area contributed by atoms with Gasteiger partial charge in [0.25, 0.3) is 23.6 Å². The van der Waals surface area contributed by atoms with Crippen molar-refractivity contribution in [2.45, 2.75) is 244 Å². The Kier molecular flexibility index (Phi) is 34.0. The Hall–Kier alpha value is -6.66. The predicted octanol–water partition coefficient (Wildman–Crippen LogP) is 16.2. The first kappa shape index (κ1) is 85.4. The van der Waals surface area contributed by atoms with Gasteiger partial charge in [-0.05, 0) is 208 Å². The second-order valence-electron chi connectivity index (χ2n) is 27.1. The lowest BCUT2D eigenvalue weighted by atomic mass is 10.1. The first-order valence-electron chi connectivity index (χ1n) is 29.2. The van der Waals surface area contributed by atoms with E-state index >= 15 is 0 Å². The molecule has 0 radical (unpaired) electrons. The Labute approximate surface area is 533 Å². The van der Waals surface area contributed by atoms with E-state index in [1.54, 1.807) is 81.6 Å². The number of rotatable bonds is 8. The molecular formula is C67H103F4N3O15S. The van der Waals surface area contributed by atoms with Gasteiger partial charge in [-0.3, -0.25) is 39.0 Å². The normalized spacial score (nSPS) is 14.9. The van der Waals surface area contributed by atoms with Gasteiger partial charge >= 0.3 is 5.69 Å². The molecule has 18 nitrogen and oxygen atoms in total. The van der Waals surface area contributed by atoms with Crippen molar-refractivity contribution in [3.8, 4) is 23.0 Å². The van der Waals surface area contributed by atoms with Crippen molar-refractivity contribution in [2.24, 2.45) is 0 Å². The Morgan fingerprint density at radius 1 is 0.533 bits per heavy atom. The number of hydrogen-bond acceptors (Lipinski definition) is 14. The van der Waals surface area contributed by atoms with Gasteiger partial charge in [0.2, 0.25) is 5.82 Å². The molecule has 6 rings (SSSR count). The van der Waals surface area contributed by atoms with Crippen LogP contribution in [0.4, 0.5) is 23.2 Å². The van der Waals surface area contributed by atoms with Crippen LogP contribution in [0.5, 0.6) is 23.0 Å². The van der Waals surface area contributed by atoms with Crippen LogP contribution >= 0.6 is 0 Å². The maximum atomic E-state index is 13.5. The second-order valence-corrected chi connectivity index (χ2v) is 29.1. The van der Waals surface area contributed by atoms with Crippen LogP contribution in [-0.2, 0) is 43.4 Å². The number of methoxy groups -OCH3 is 1. The third-order valence-electron chi connectivity index (χ3n) is 10.0. The third kappa shape index (κ3) is 36.3. The number of halogens is 4. The van der Waals surface area contributed by atoms with E-state index in [0.29, 0.717) is 10.8 Å². The molecule has 23 heteroatoms. The van der Waals surface area contributed by atoms with Gasteiger partial charge in [-0.1, -0.05) is 55.8 Å². The topological polar surface area (TPSA) is 220 Å². The summed E-state index contributed by atoms with van der Waals surface area (Å²) in [5.41, 5.74) is -1.18. The van der Waals surface area contributed by atoms with Crippen LogP contribution < -0.4 is 18.9 Å². The summed E-state index contributed by atoms with van der Waals surface area (Å²) >= 11 is 0. The number of amides is 4. The number of ether oxygens (including phenoxy) is 5. The summed E-state index contributed by atoms with van der Waals surface area (Å²) < 4.78 is 99.7. The monoisotopic (exact) mass is 1300 g/mol. The molecule has 0 aliphatic carbocycles. The fourth-order valence-corrected chi connectivity index (χ4v) is 7.09. The highest BCUT2D eigenvalue weighted by atomic mass is 32.2. The molecule has 2 aliphatic rings. The van der Waals surface area contributed by atoms with E-state index in [9.17, 15) is 55.6 Å². The maximum Gasteiger partial charge on any atom is 0.311 e. The molecule has 2 fully saturated rings. The van der Waals surface area contributed by atoms with E-state index in [1.807, 2.05) is 146 Å². The molecule has 0 bridgehead atoms. The quantitative estimate of drug-likeness (QED) is 0.0330. The number of imide groups is 2. The zero-order chi connectivity index (χ0) is 71.1. The summed E-state index contributed by atoms with van der Waals surface area (Å²) in [6, 6.07) is 22.9. The Balaban J connectivity index is 0. The van der Waals surface area contributed by atoms with Gasteiger partial charge in [-0.2, -0.15) is 14.5 Å². The van der Waals surface area contributed by atoms with Gasteiger partial charge in [-0.25, -0.2) is 17.4 Å². The van der Waals surface area contributed by atoms with E-state index in [1.165, 1.54) is 11.6 Å². The fourth-order valence-electron chi connectivity index (χ4n) is 6.28. The van der Waals surface area contributed by atoms with Gasteiger partial charge < -0.3 is 28.2 Å². The molecule has 2 aliphatic heterocycles. The number of hydrogen-bond donors (Lipinski definition) is 1. The van der Waals surface area contributed by atoms with E-state index in [4.69, 9.17) is 33.4 Å². The van der Waals surface area contributed by atoms with Crippen molar-refractivity contribution in [3.05, 3.63) is 123 Å². The van der Waals surface area contributed by atoms with Gasteiger partial charge in [0.15, 0.2) is 29.0 Å². The van der Waals surface area contributed by atoms with Gasteiger partial charge in [0.05, 0.1) is 37.9 Å². The highest BCUT2D eigenvalue weighted by Gasteiger charge is 2.45. The van der Waals surface area contributed by atoms with Crippen LogP contribution in [-0.4, -0.2) is 105 Å². The van der Waals surface area contributed by atoms with Crippen molar-refractivity contribution < 1.29 is 83.8 Å². The Bertz CT molecular complexity index is 2990. The number of benzene rings is 4. The highest BCUT2D eigenvalue weighted by Crippen LogP contribution is 2.33. The molecule has 2 saturated heterocycles. The van der Waals surface area contributed by atoms with Gasteiger partial charge in [0, 0.05) is 31.6 Å². The molecule has 0 spiro atoms. The number of carbonyl (C=O) groups is 4. The van der Waals surface area contributed by atoms with E-state index in [-0.39, 0.29) is 53.6 Å². The number of nitro benzene ring substituents is 1. The van der Waals surface area contributed by atoms with E-state index in [2.05, 4.69) is 24.9 Å². The van der Waals surface area contributed by atoms with Gasteiger partial charge in [-0.15, -0.1) is 0 Å². The van der Waals surface area contributed by atoms with Crippen molar-refractivity contribution >= 4 is 45.0 Å². The maximum absolute atomic E-state index is 13.5. The van der Waals surface area contributed by atoms with E-state index < -0.39 is 88.8 Å². The lowest BCUT2D eigenvalue weighted by molar-refractivity contribution is -0.386. The summed E-state index contributed by atoms with van der Waals surface area (Å²) in [6.07, 6.45) is 0.206. The summed E-state index contributed by atoms with van der Waals surface area (Å²) in [6.45, 7) is 47.8. The number of nitrogens with zero attached hydrogens (tertiary/aromatic N) is 3. The molecule has 510 valence electrons. The standard InChI is InChI=1S/C11H12F4O.C11H15NO3.C11H16O.C10H14O.C9H15NO5S.C8H13NO3.C5H12O.C2H6/c1-5-6(12)8(14)9(15)10(7(5)13)16-11(2,3)4;1-8-5-6-10(15-11(2,3)4)9(7-8)12(13)14;1-9-5-7-10(8-6-9)12-11(2,3)4;1-10(2,3)11-9-7-5-4-6-8-9;1-9(2,3)15-10-7(11)5-6(8(10)12)16(4,13)14;1-8(2,3)12-9-6(10)4-5-7(9)11;1-5(2,3)6-4;1-2/h1-4H3;5-7H,1-4H3;5-8H,1-4H3;4-8H,1-3H3;6H,4-5H2,1-3H3,(H,13,14);4-5H2,1-3H3;1-4H3;1-2H3. The van der Waals surface area contributed by atoms with Crippen LogP contribution in [0.15, 0.2) is 72.8 Å². The zero-order valence-electron chi connectivity index (χ0n) is 58.3. The SMILES string of the molecule is C=S(=O)(O)C1CC(=O)N(OC(C)(C)C)C1=O.CC.CC(C)(C)ON1C(=O)CCC1=O.CC(C)(C)Oc1ccccc1.COC(C)(C)C.Cc1c(F)c(F)c(F)c(OC(C)(C)C)c1F.Cc1ccc(OC(C)(C)C)c([N+](=O)[O-])c1.Cc1ccc(OC(C)(C)C)cc1. The molecule has 4 amide bonds. The first-order chi connectivity index (χ1) is 40.5. The third-order valence-corrected chi connectivity index (χ3v) is 11.3. The molecule has 0 aromatic heterocycles. The minimum Gasteiger partial charge on any atom is -0.488 e. The Morgan fingerprint density at radius 2 is 0.922 bits per heavy atom. The Morgan fingerprint density at radius 3 is 1.28 bits per heavy atom. The van der Waals surface area contributed by atoms with Crippen LogP contribution in [0.1, 0.15) is 195 Å². The molecular weight excluding hydrogens is 1190 g/mol. The summed E-state index contributed by atoms with van der Waals surface area (Å²) in [7, 11) is -1.86. The molecule has 4 aromatic rings. The number of para-hydroxylation sites is 1. The van der Waals surface area contributed by atoms with E-state index in [0.717, 1.165) is 29.0 Å². The summed E-state index contributed by atoms with van der Waals surface area (Å²) in [5, 5.41) is 10.9. The highest BCUT2D eigenvalue weighted by molar-refractivity contribution is 7.96. The van der Waals surface area contributed by atoms with Crippen LogP contribution in [0.3, 0.4) is 0 Å². The fraction of sp³-hybridized carbons (Fsp3) is 0.567. The van der Waals surface area contributed by atoms with Crippen molar-refractivity contribution in [1.29, 1.82) is 0 Å². The minimum absolute atomic E-state index is 0.0184. The predicted molar refractivity (Wildman–Crippen MR) is 347 cm³/mol. The largest absolute Gasteiger partial charge is 0.488 e. The second kappa shape index (κ2) is 35.8. The number of hydroxylamine groups is 4. The summed E-state index contributed by atoms with van der Waals surface area (Å²) in [4.78, 5) is 65.8. The van der Waals surface area contributed by atoms with Crippen molar-refractivity contribution in [1.82, 2.24) is 10.1 Å². The average molecular weight is 1300 g/mol. The van der Waals surface area contributed by atoms with Gasteiger partial charge in [0.1, 0.15) is 39.2 Å². The van der Waals surface area contributed by atoms with Crippen LogP contribution in [0.25, 0.3) is 0 Å². The average Bonchev–Trinajstić information content (AvgIpc) is 1.67. The molecule has 4 aromatic carbocycles. The lowest BCUT2D eigenvalue weighted by Crippen LogP contribution is -2.40.